The Kier molecular flexibility index (Phi) is 3.99. The smallest absolute Gasteiger partial charge is 0.273 e. The molecule has 4 rings (SSSR count). The fourth-order valence-electron chi connectivity index (χ4n) is 3.83. The Morgan fingerprint density at radius 2 is 2.08 bits per heavy atom. The van der Waals surface area contributed by atoms with Crippen LogP contribution in [0.3, 0.4) is 0 Å². The van der Waals surface area contributed by atoms with Crippen LogP contribution in [0.15, 0.2) is 42.7 Å². The maximum atomic E-state index is 13.1. The van der Waals surface area contributed by atoms with Crippen LogP contribution in [0.25, 0.3) is 10.8 Å². The van der Waals surface area contributed by atoms with E-state index in [9.17, 15) is 4.79 Å². The summed E-state index contributed by atoms with van der Waals surface area (Å²) in [5.74, 6) is 1.37. The molecule has 0 radical (unpaired) electrons. The Bertz CT molecular complexity index is 925. The van der Waals surface area contributed by atoms with Crippen molar-refractivity contribution in [3.8, 4) is 0 Å². The number of pyridine rings is 1. The SMILES string of the molecule is Cc1cn(C)c([C@H]2CCCN(C(=O)c3nccc4ccccc34)C2)n1. The molecule has 3 aromatic rings. The van der Waals surface area contributed by atoms with Gasteiger partial charge in [0, 0.05) is 43.8 Å². The number of carbonyl (C=O) groups is 1. The van der Waals surface area contributed by atoms with Crippen molar-refractivity contribution in [2.45, 2.75) is 25.7 Å². The van der Waals surface area contributed by atoms with Gasteiger partial charge in [-0.25, -0.2) is 4.98 Å². The molecular weight excluding hydrogens is 312 g/mol. The molecule has 1 aliphatic heterocycles. The molecule has 3 heterocycles. The van der Waals surface area contributed by atoms with E-state index in [1.807, 2.05) is 55.4 Å². The zero-order chi connectivity index (χ0) is 17.4. The van der Waals surface area contributed by atoms with Crippen LogP contribution < -0.4 is 0 Å². The Morgan fingerprint density at radius 1 is 1.24 bits per heavy atom. The zero-order valence-corrected chi connectivity index (χ0v) is 14.6. The molecule has 1 amide bonds. The normalized spacial score (nSPS) is 17.8. The fourth-order valence-corrected chi connectivity index (χ4v) is 3.83. The maximum Gasteiger partial charge on any atom is 0.273 e. The van der Waals surface area contributed by atoms with E-state index in [0.717, 1.165) is 41.7 Å². The highest BCUT2D eigenvalue weighted by molar-refractivity contribution is 6.05. The first-order valence-electron chi connectivity index (χ1n) is 8.76. The first-order chi connectivity index (χ1) is 12.1. The second-order valence-corrected chi connectivity index (χ2v) is 6.82. The summed E-state index contributed by atoms with van der Waals surface area (Å²) >= 11 is 0. The van der Waals surface area contributed by atoms with Gasteiger partial charge in [-0.3, -0.25) is 9.78 Å². The lowest BCUT2D eigenvalue weighted by molar-refractivity contribution is 0.0700. The third kappa shape index (κ3) is 2.90. The molecule has 5 nitrogen and oxygen atoms in total. The van der Waals surface area contributed by atoms with Crippen LogP contribution >= 0.6 is 0 Å². The van der Waals surface area contributed by atoms with Gasteiger partial charge in [0.25, 0.3) is 5.91 Å². The molecule has 0 N–H and O–H groups in total. The minimum Gasteiger partial charge on any atom is -0.337 e. The molecule has 1 aromatic carbocycles. The molecule has 5 heteroatoms. The van der Waals surface area contributed by atoms with Crippen molar-refractivity contribution in [2.24, 2.45) is 7.05 Å². The predicted octanol–water partition coefficient (Wildman–Crippen LogP) is 3.30. The molecule has 0 aliphatic carbocycles. The number of fused-ring (bicyclic) bond motifs is 1. The molecule has 25 heavy (non-hydrogen) atoms. The van der Waals surface area contributed by atoms with E-state index >= 15 is 0 Å². The molecule has 128 valence electrons. The molecule has 0 unspecified atom stereocenters. The molecule has 1 atom stereocenters. The number of likely N-dealkylation sites (tertiary alicyclic amines) is 1. The monoisotopic (exact) mass is 334 g/mol. The lowest BCUT2D eigenvalue weighted by atomic mass is 9.96. The number of hydrogen-bond donors (Lipinski definition) is 0. The number of aromatic nitrogens is 3. The van der Waals surface area contributed by atoms with Crippen molar-refractivity contribution in [3.05, 3.63) is 59.9 Å². The highest BCUT2D eigenvalue weighted by Gasteiger charge is 2.29. The van der Waals surface area contributed by atoms with E-state index in [1.54, 1.807) is 6.20 Å². The van der Waals surface area contributed by atoms with Gasteiger partial charge < -0.3 is 9.47 Å². The van der Waals surface area contributed by atoms with Crippen molar-refractivity contribution in [1.82, 2.24) is 19.4 Å². The van der Waals surface area contributed by atoms with Gasteiger partial charge in [0.2, 0.25) is 0 Å². The standard InChI is InChI=1S/C20H22N4O/c1-14-12-23(2)19(22-14)16-7-5-11-24(13-16)20(25)18-17-8-4-3-6-15(17)9-10-21-18/h3-4,6,8-10,12,16H,5,7,11,13H2,1-2H3/t16-/m0/s1. The third-order valence-corrected chi connectivity index (χ3v) is 4.98. The fraction of sp³-hybridized carbons (Fsp3) is 0.350. The summed E-state index contributed by atoms with van der Waals surface area (Å²) in [6, 6.07) is 9.87. The number of amides is 1. The lowest BCUT2D eigenvalue weighted by Gasteiger charge is -2.32. The molecule has 2 aromatic heterocycles. The summed E-state index contributed by atoms with van der Waals surface area (Å²) < 4.78 is 2.09. The van der Waals surface area contributed by atoms with Gasteiger partial charge in [0.1, 0.15) is 11.5 Å². The summed E-state index contributed by atoms with van der Waals surface area (Å²) in [4.78, 5) is 24.1. The molecule has 0 saturated carbocycles. The quantitative estimate of drug-likeness (QED) is 0.722. The summed E-state index contributed by atoms with van der Waals surface area (Å²) in [7, 11) is 2.03. The Morgan fingerprint density at radius 3 is 2.88 bits per heavy atom. The van der Waals surface area contributed by atoms with Gasteiger partial charge in [0.15, 0.2) is 0 Å². The number of aryl methyl sites for hydroxylation is 2. The topological polar surface area (TPSA) is 51.0 Å². The van der Waals surface area contributed by atoms with Gasteiger partial charge in [0.05, 0.1) is 5.69 Å². The molecule has 1 saturated heterocycles. The number of hydrogen-bond acceptors (Lipinski definition) is 3. The van der Waals surface area contributed by atoms with Crippen LogP contribution in [0.5, 0.6) is 0 Å². The minimum absolute atomic E-state index is 0.0208. The second kappa shape index (κ2) is 6.31. The van der Waals surface area contributed by atoms with Crippen LogP contribution in [0.4, 0.5) is 0 Å². The highest BCUT2D eigenvalue weighted by Crippen LogP contribution is 2.28. The molecule has 1 aliphatic rings. The number of rotatable bonds is 2. The van der Waals surface area contributed by atoms with Gasteiger partial charge in [-0.15, -0.1) is 0 Å². The van der Waals surface area contributed by atoms with Gasteiger partial charge in [-0.05, 0) is 31.2 Å². The maximum absolute atomic E-state index is 13.1. The summed E-state index contributed by atoms with van der Waals surface area (Å²) in [5, 5.41) is 1.97. The summed E-state index contributed by atoms with van der Waals surface area (Å²) in [6.45, 7) is 3.49. The van der Waals surface area contributed by atoms with Crippen LogP contribution in [0, 0.1) is 6.92 Å². The number of piperidine rings is 1. The van der Waals surface area contributed by atoms with Crippen LogP contribution in [0.1, 0.15) is 40.8 Å². The molecule has 0 bridgehead atoms. The Hall–Kier alpha value is -2.69. The van der Waals surface area contributed by atoms with Crippen LogP contribution in [0.2, 0.25) is 0 Å². The van der Waals surface area contributed by atoms with Crippen molar-refractivity contribution in [1.29, 1.82) is 0 Å². The van der Waals surface area contributed by atoms with E-state index < -0.39 is 0 Å². The average molecular weight is 334 g/mol. The molecule has 0 spiro atoms. The number of imidazole rings is 1. The first-order valence-corrected chi connectivity index (χ1v) is 8.76. The largest absolute Gasteiger partial charge is 0.337 e. The number of carbonyl (C=O) groups excluding carboxylic acids is 1. The highest BCUT2D eigenvalue weighted by atomic mass is 16.2. The molecule has 1 fully saturated rings. The van der Waals surface area contributed by atoms with Crippen molar-refractivity contribution in [3.63, 3.8) is 0 Å². The third-order valence-electron chi connectivity index (χ3n) is 4.98. The summed E-state index contributed by atoms with van der Waals surface area (Å²) in [5.41, 5.74) is 1.58. The van der Waals surface area contributed by atoms with E-state index in [1.165, 1.54) is 0 Å². The van der Waals surface area contributed by atoms with E-state index in [4.69, 9.17) is 0 Å². The van der Waals surface area contributed by atoms with Crippen LogP contribution in [-0.2, 0) is 7.05 Å². The zero-order valence-electron chi connectivity index (χ0n) is 14.6. The van der Waals surface area contributed by atoms with Crippen molar-refractivity contribution in [2.75, 3.05) is 13.1 Å². The summed E-state index contributed by atoms with van der Waals surface area (Å²) in [6.07, 6.45) is 5.82. The average Bonchev–Trinajstić information content (AvgIpc) is 2.99. The Labute approximate surface area is 147 Å². The Balaban J connectivity index is 1.62. The van der Waals surface area contributed by atoms with Crippen molar-refractivity contribution >= 4 is 16.7 Å². The van der Waals surface area contributed by atoms with E-state index in [-0.39, 0.29) is 11.8 Å². The van der Waals surface area contributed by atoms with Gasteiger partial charge >= 0.3 is 0 Å². The van der Waals surface area contributed by atoms with E-state index in [2.05, 4.69) is 14.5 Å². The van der Waals surface area contributed by atoms with E-state index in [0.29, 0.717) is 12.2 Å². The second-order valence-electron chi connectivity index (χ2n) is 6.82. The van der Waals surface area contributed by atoms with Crippen molar-refractivity contribution < 1.29 is 4.79 Å². The molecular formula is C20H22N4O. The number of benzene rings is 1. The lowest BCUT2D eigenvalue weighted by Crippen LogP contribution is -2.40. The minimum atomic E-state index is 0.0208. The number of nitrogens with zero attached hydrogens (tertiary/aromatic N) is 4. The van der Waals surface area contributed by atoms with Gasteiger partial charge in [-0.1, -0.05) is 24.3 Å². The first kappa shape index (κ1) is 15.8. The van der Waals surface area contributed by atoms with Crippen LogP contribution in [-0.4, -0.2) is 38.4 Å². The predicted molar refractivity (Wildman–Crippen MR) is 97.6 cm³/mol. The van der Waals surface area contributed by atoms with Gasteiger partial charge in [-0.2, -0.15) is 0 Å².